The Bertz CT molecular complexity index is 637. The minimum absolute atomic E-state index is 0.0585. The highest BCUT2D eigenvalue weighted by molar-refractivity contribution is 7.89. The molecule has 2 atom stereocenters. The van der Waals surface area contributed by atoms with Crippen LogP contribution in [-0.2, 0) is 21.4 Å². The van der Waals surface area contributed by atoms with Gasteiger partial charge in [0.25, 0.3) is 0 Å². The number of hydrogen-bond donors (Lipinski definition) is 1. The van der Waals surface area contributed by atoms with Gasteiger partial charge in [-0.25, -0.2) is 12.8 Å². The van der Waals surface area contributed by atoms with Crippen LogP contribution < -0.4 is 0 Å². The van der Waals surface area contributed by atoms with E-state index in [9.17, 15) is 12.8 Å². The zero-order chi connectivity index (χ0) is 15.8. The average molecular weight is 338 g/mol. The van der Waals surface area contributed by atoms with Crippen molar-refractivity contribution >= 4 is 21.6 Å². The van der Waals surface area contributed by atoms with Crippen LogP contribution in [0.1, 0.15) is 18.9 Å². The van der Waals surface area contributed by atoms with Crippen molar-refractivity contribution in [2.75, 3.05) is 13.7 Å². The molecular formula is C13H17ClFNO4S. The summed E-state index contributed by atoms with van der Waals surface area (Å²) in [6.45, 7) is 1.62. The van der Waals surface area contributed by atoms with E-state index in [2.05, 4.69) is 0 Å². The van der Waals surface area contributed by atoms with E-state index in [1.54, 1.807) is 6.92 Å². The van der Waals surface area contributed by atoms with E-state index < -0.39 is 27.3 Å². The topological polar surface area (TPSA) is 66.8 Å². The SMILES string of the molecule is CC1OCCC1N(C)S(=O)(=O)c1cc(Cl)cc(CO)c1F. The van der Waals surface area contributed by atoms with E-state index in [0.29, 0.717) is 13.0 Å². The molecule has 0 saturated carbocycles. The second-order valence-electron chi connectivity index (χ2n) is 4.99. The second kappa shape index (κ2) is 6.18. The fourth-order valence-electron chi connectivity index (χ4n) is 2.45. The highest BCUT2D eigenvalue weighted by Gasteiger charge is 2.37. The van der Waals surface area contributed by atoms with Gasteiger partial charge in [-0.3, -0.25) is 0 Å². The molecule has 21 heavy (non-hydrogen) atoms. The molecule has 0 bridgehead atoms. The number of halogens is 2. The monoisotopic (exact) mass is 337 g/mol. The molecule has 2 rings (SSSR count). The molecule has 5 nitrogen and oxygen atoms in total. The molecule has 1 aliphatic heterocycles. The number of nitrogens with zero attached hydrogens (tertiary/aromatic N) is 1. The number of sulfonamides is 1. The molecule has 1 heterocycles. The van der Waals surface area contributed by atoms with Crippen molar-refractivity contribution < 1.29 is 22.7 Å². The average Bonchev–Trinajstić information content (AvgIpc) is 2.85. The minimum atomic E-state index is -4.06. The fourth-order valence-corrected chi connectivity index (χ4v) is 4.33. The second-order valence-corrected chi connectivity index (χ2v) is 7.39. The highest BCUT2D eigenvalue weighted by atomic mass is 35.5. The quantitative estimate of drug-likeness (QED) is 0.909. The number of hydrogen-bond acceptors (Lipinski definition) is 4. The van der Waals surface area contributed by atoms with Gasteiger partial charge in [-0.2, -0.15) is 4.31 Å². The standard InChI is InChI=1S/C13H17ClFNO4S/c1-8-11(3-4-20-8)16(2)21(18,19)12-6-10(14)5-9(7-17)13(12)15/h5-6,8,11,17H,3-4,7H2,1-2H3. The molecule has 1 N–H and O–H groups in total. The predicted octanol–water partition coefficient (Wildman–Crippen LogP) is 1.77. The lowest BCUT2D eigenvalue weighted by molar-refractivity contribution is 0.102. The van der Waals surface area contributed by atoms with Crippen LogP contribution in [0, 0.1) is 5.82 Å². The first kappa shape index (κ1) is 16.6. The molecular weight excluding hydrogens is 321 g/mol. The summed E-state index contributed by atoms with van der Waals surface area (Å²) in [6.07, 6.45) is 0.288. The summed E-state index contributed by atoms with van der Waals surface area (Å²) in [4.78, 5) is -0.527. The highest BCUT2D eigenvalue weighted by Crippen LogP contribution is 2.29. The minimum Gasteiger partial charge on any atom is -0.392 e. The first-order valence-electron chi connectivity index (χ1n) is 6.47. The molecule has 1 aromatic carbocycles. The van der Waals surface area contributed by atoms with Crippen LogP contribution >= 0.6 is 11.6 Å². The van der Waals surface area contributed by atoms with Crippen LogP contribution in [0.2, 0.25) is 5.02 Å². The Morgan fingerprint density at radius 2 is 2.19 bits per heavy atom. The Morgan fingerprint density at radius 1 is 1.52 bits per heavy atom. The Labute approximate surface area is 128 Å². The molecule has 1 aliphatic rings. The largest absolute Gasteiger partial charge is 0.392 e. The Balaban J connectivity index is 2.46. The lowest BCUT2D eigenvalue weighted by atomic mass is 10.2. The van der Waals surface area contributed by atoms with E-state index in [-0.39, 0.29) is 22.7 Å². The molecule has 0 aromatic heterocycles. The summed E-state index contributed by atoms with van der Waals surface area (Å²) in [5.74, 6) is -0.972. The summed E-state index contributed by atoms with van der Waals surface area (Å²) in [5.41, 5.74) is -0.148. The molecule has 0 aliphatic carbocycles. The van der Waals surface area contributed by atoms with Gasteiger partial charge in [-0.15, -0.1) is 0 Å². The lowest BCUT2D eigenvalue weighted by Crippen LogP contribution is -2.41. The molecule has 0 radical (unpaired) electrons. The number of rotatable bonds is 4. The van der Waals surface area contributed by atoms with Crippen molar-refractivity contribution in [1.29, 1.82) is 0 Å². The van der Waals surface area contributed by atoms with Gasteiger partial charge in [0.15, 0.2) is 0 Å². The first-order chi connectivity index (χ1) is 9.78. The van der Waals surface area contributed by atoms with Crippen molar-refractivity contribution in [3.63, 3.8) is 0 Å². The summed E-state index contributed by atoms with van der Waals surface area (Å²) in [7, 11) is -2.67. The fraction of sp³-hybridized carbons (Fsp3) is 0.538. The molecule has 1 saturated heterocycles. The maximum atomic E-state index is 14.2. The summed E-state index contributed by atoms with van der Waals surface area (Å²) >= 11 is 5.81. The number of likely N-dealkylation sites (N-methyl/N-ethyl adjacent to an activating group) is 1. The third-order valence-corrected chi connectivity index (χ3v) is 5.81. The van der Waals surface area contributed by atoms with Gasteiger partial charge in [-0.05, 0) is 25.5 Å². The van der Waals surface area contributed by atoms with Crippen molar-refractivity contribution in [2.24, 2.45) is 0 Å². The number of aliphatic hydroxyl groups excluding tert-OH is 1. The number of aliphatic hydroxyl groups is 1. The molecule has 2 unspecified atom stereocenters. The van der Waals surface area contributed by atoms with E-state index in [1.807, 2.05) is 0 Å². The summed E-state index contributed by atoms with van der Waals surface area (Å²) in [5, 5.41) is 9.16. The van der Waals surface area contributed by atoms with Crippen LogP contribution in [-0.4, -0.2) is 43.6 Å². The molecule has 0 spiro atoms. The van der Waals surface area contributed by atoms with Crippen LogP contribution in [0.15, 0.2) is 17.0 Å². The zero-order valence-corrected chi connectivity index (χ0v) is 13.3. The Kier molecular flexibility index (Phi) is 4.89. The molecule has 8 heteroatoms. The molecule has 1 fully saturated rings. The van der Waals surface area contributed by atoms with Gasteiger partial charge in [0, 0.05) is 24.2 Å². The van der Waals surface area contributed by atoms with Crippen LogP contribution in [0.4, 0.5) is 4.39 Å². The smallest absolute Gasteiger partial charge is 0.246 e. The zero-order valence-electron chi connectivity index (χ0n) is 11.7. The lowest BCUT2D eigenvalue weighted by Gasteiger charge is -2.26. The van der Waals surface area contributed by atoms with Crippen molar-refractivity contribution in [2.45, 2.75) is 37.0 Å². The van der Waals surface area contributed by atoms with Gasteiger partial charge in [-0.1, -0.05) is 11.6 Å². The van der Waals surface area contributed by atoms with E-state index >= 15 is 0 Å². The van der Waals surface area contributed by atoms with Gasteiger partial charge < -0.3 is 9.84 Å². The maximum absolute atomic E-state index is 14.2. The Morgan fingerprint density at radius 3 is 2.71 bits per heavy atom. The van der Waals surface area contributed by atoms with E-state index in [4.69, 9.17) is 21.4 Å². The third kappa shape index (κ3) is 3.07. The van der Waals surface area contributed by atoms with Crippen LogP contribution in [0.25, 0.3) is 0 Å². The van der Waals surface area contributed by atoms with Crippen molar-refractivity contribution in [3.8, 4) is 0 Å². The van der Waals surface area contributed by atoms with E-state index in [1.165, 1.54) is 13.1 Å². The van der Waals surface area contributed by atoms with E-state index in [0.717, 1.165) is 10.4 Å². The third-order valence-electron chi connectivity index (χ3n) is 3.71. The number of benzene rings is 1. The maximum Gasteiger partial charge on any atom is 0.246 e. The Hall–Kier alpha value is -0.730. The number of ether oxygens (including phenoxy) is 1. The van der Waals surface area contributed by atoms with Gasteiger partial charge in [0.2, 0.25) is 10.0 Å². The first-order valence-corrected chi connectivity index (χ1v) is 8.29. The van der Waals surface area contributed by atoms with Crippen molar-refractivity contribution in [1.82, 2.24) is 4.31 Å². The van der Waals surface area contributed by atoms with Crippen LogP contribution in [0.5, 0.6) is 0 Å². The molecule has 0 amide bonds. The summed E-state index contributed by atoms with van der Waals surface area (Å²) < 4.78 is 45.9. The predicted molar refractivity (Wildman–Crippen MR) is 76.1 cm³/mol. The van der Waals surface area contributed by atoms with Crippen LogP contribution in [0.3, 0.4) is 0 Å². The van der Waals surface area contributed by atoms with Gasteiger partial charge >= 0.3 is 0 Å². The normalized spacial score (nSPS) is 23.0. The summed E-state index contributed by atoms with van der Waals surface area (Å²) in [6, 6.07) is 1.91. The molecule has 1 aromatic rings. The van der Waals surface area contributed by atoms with Gasteiger partial charge in [0.1, 0.15) is 10.7 Å². The van der Waals surface area contributed by atoms with Crippen molar-refractivity contribution in [3.05, 3.63) is 28.5 Å². The molecule has 118 valence electrons. The van der Waals surface area contributed by atoms with Gasteiger partial charge in [0.05, 0.1) is 18.8 Å².